The van der Waals surface area contributed by atoms with E-state index in [-0.39, 0.29) is 30.5 Å². The van der Waals surface area contributed by atoms with E-state index >= 15 is 0 Å². The zero-order valence-electron chi connectivity index (χ0n) is 13.4. The topological polar surface area (TPSA) is 108 Å². The van der Waals surface area contributed by atoms with Crippen molar-refractivity contribution in [3.05, 3.63) is 29.8 Å². The molecular formula is C17H19N3O4. The first kappa shape index (κ1) is 17.5. The molecule has 1 atom stereocenters. The molecule has 0 radical (unpaired) electrons. The third kappa shape index (κ3) is 5.39. The van der Waals surface area contributed by atoms with E-state index in [2.05, 4.69) is 10.6 Å². The summed E-state index contributed by atoms with van der Waals surface area (Å²) in [4.78, 5) is 34.9. The monoisotopic (exact) mass is 329 g/mol. The molecule has 2 amide bonds. The van der Waals surface area contributed by atoms with E-state index in [1.54, 1.807) is 6.07 Å². The van der Waals surface area contributed by atoms with Crippen LogP contribution >= 0.6 is 0 Å². The fourth-order valence-corrected chi connectivity index (χ4v) is 2.19. The Balaban J connectivity index is 1.78. The van der Waals surface area contributed by atoms with Gasteiger partial charge in [-0.1, -0.05) is 0 Å². The predicted molar refractivity (Wildman–Crippen MR) is 85.9 cm³/mol. The normalized spacial score (nSPS) is 14.2. The van der Waals surface area contributed by atoms with Gasteiger partial charge in [0.1, 0.15) is 6.42 Å². The van der Waals surface area contributed by atoms with E-state index in [9.17, 15) is 14.4 Å². The molecule has 1 aromatic rings. The zero-order chi connectivity index (χ0) is 17.5. The van der Waals surface area contributed by atoms with Gasteiger partial charge in [0.2, 0.25) is 5.91 Å². The highest BCUT2D eigenvalue weighted by atomic mass is 16.5. The molecular weight excluding hydrogens is 310 g/mol. The van der Waals surface area contributed by atoms with Gasteiger partial charge in [-0.15, -0.1) is 0 Å². The molecule has 7 heteroatoms. The summed E-state index contributed by atoms with van der Waals surface area (Å²) in [5, 5.41) is 13.7. The quantitative estimate of drug-likeness (QED) is 0.739. The first-order valence-electron chi connectivity index (χ1n) is 7.73. The largest absolute Gasteiger partial charge is 0.452 e. The first-order valence-corrected chi connectivity index (χ1v) is 7.73. The Kier molecular flexibility index (Phi) is 5.90. The van der Waals surface area contributed by atoms with Crippen LogP contribution in [-0.4, -0.2) is 30.4 Å². The average molecular weight is 329 g/mol. The Morgan fingerprint density at radius 2 is 1.92 bits per heavy atom. The molecule has 0 spiro atoms. The summed E-state index contributed by atoms with van der Waals surface area (Å²) in [5.41, 5.74) is 0.749. The van der Waals surface area contributed by atoms with E-state index in [4.69, 9.17) is 10.00 Å². The van der Waals surface area contributed by atoms with Gasteiger partial charge in [-0.2, -0.15) is 5.26 Å². The second-order valence-electron chi connectivity index (χ2n) is 5.73. The van der Waals surface area contributed by atoms with Gasteiger partial charge in [0, 0.05) is 11.7 Å². The van der Waals surface area contributed by atoms with E-state index in [1.807, 2.05) is 6.92 Å². The van der Waals surface area contributed by atoms with Crippen LogP contribution in [0.2, 0.25) is 0 Å². The average Bonchev–Trinajstić information content (AvgIpc) is 3.38. The number of nitrogens with one attached hydrogen (secondary N) is 2. The molecule has 0 aliphatic heterocycles. The molecule has 1 aliphatic rings. The highest BCUT2D eigenvalue weighted by Crippen LogP contribution is 2.32. The minimum Gasteiger partial charge on any atom is -0.452 e. The lowest BCUT2D eigenvalue weighted by atomic mass is 10.2. The number of benzene rings is 1. The molecule has 0 aromatic heterocycles. The smallest absolute Gasteiger partial charge is 0.338 e. The van der Waals surface area contributed by atoms with E-state index in [0.717, 1.165) is 12.8 Å². The van der Waals surface area contributed by atoms with Crippen LogP contribution in [0.3, 0.4) is 0 Å². The molecule has 1 fully saturated rings. The van der Waals surface area contributed by atoms with Crippen LogP contribution in [0.4, 0.5) is 5.69 Å². The molecule has 126 valence electrons. The summed E-state index contributed by atoms with van der Waals surface area (Å²) in [6, 6.07) is 7.87. The molecule has 1 saturated carbocycles. The van der Waals surface area contributed by atoms with Crippen molar-refractivity contribution in [3.63, 3.8) is 0 Å². The van der Waals surface area contributed by atoms with Crippen LogP contribution < -0.4 is 10.6 Å². The van der Waals surface area contributed by atoms with Gasteiger partial charge in [0.25, 0.3) is 5.91 Å². The van der Waals surface area contributed by atoms with Crippen molar-refractivity contribution in [1.29, 1.82) is 5.26 Å². The van der Waals surface area contributed by atoms with Gasteiger partial charge < -0.3 is 15.4 Å². The number of amides is 2. The standard InChI is InChI=1S/C17H19N3O4/c1-11(12-2-3-12)19-16(22)10-24-17(23)13-4-6-14(7-5-13)20-15(21)8-9-18/h4-7,11-12H,2-3,8,10H2,1H3,(H,19,22)(H,20,21)/t11-/m0/s1. The molecule has 2 rings (SSSR count). The number of nitrogens with zero attached hydrogens (tertiary/aromatic N) is 1. The van der Waals surface area contributed by atoms with Crippen molar-refractivity contribution in [3.8, 4) is 6.07 Å². The van der Waals surface area contributed by atoms with Crippen molar-refractivity contribution >= 4 is 23.5 Å². The second kappa shape index (κ2) is 8.11. The highest BCUT2D eigenvalue weighted by molar-refractivity contribution is 5.94. The number of nitriles is 1. The Hall–Kier alpha value is -2.88. The fourth-order valence-electron chi connectivity index (χ4n) is 2.19. The Morgan fingerprint density at radius 3 is 2.50 bits per heavy atom. The van der Waals surface area contributed by atoms with Gasteiger partial charge in [0.05, 0.1) is 11.6 Å². The molecule has 2 N–H and O–H groups in total. The van der Waals surface area contributed by atoms with E-state index in [0.29, 0.717) is 11.6 Å². The van der Waals surface area contributed by atoms with Crippen molar-refractivity contribution < 1.29 is 19.1 Å². The third-order valence-corrected chi connectivity index (χ3v) is 3.70. The van der Waals surface area contributed by atoms with Crippen LogP contribution in [0.1, 0.15) is 36.5 Å². The van der Waals surface area contributed by atoms with Crippen molar-refractivity contribution in [2.75, 3.05) is 11.9 Å². The molecule has 0 heterocycles. The molecule has 1 aromatic carbocycles. The summed E-state index contributed by atoms with van der Waals surface area (Å²) in [5.74, 6) is -0.815. The summed E-state index contributed by atoms with van der Waals surface area (Å²) in [7, 11) is 0. The van der Waals surface area contributed by atoms with Gasteiger partial charge in [-0.3, -0.25) is 9.59 Å². The minimum atomic E-state index is -0.612. The van der Waals surface area contributed by atoms with E-state index < -0.39 is 11.9 Å². The molecule has 7 nitrogen and oxygen atoms in total. The van der Waals surface area contributed by atoms with Crippen LogP contribution in [0, 0.1) is 17.2 Å². The number of anilines is 1. The summed E-state index contributed by atoms with van der Waals surface area (Å²) in [6.07, 6.45) is 2.01. The number of hydrogen-bond donors (Lipinski definition) is 2. The third-order valence-electron chi connectivity index (χ3n) is 3.70. The van der Waals surface area contributed by atoms with E-state index in [1.165, 1.54) is 24.3 Å². The summed E-state index contributed by atoms with van der Waals surface area (Å²) < 4.78 is 4.97. The van der Waals surface area contributed by atoms with Crippen LogP contribution in [0.25, 0.3) is 0 Å². The van der Waals surface area contributed by atoms with Crippen molar-refractivity contribution in [1.82, 2.24) is 5.32 Å². The lowest BCUT2D eigenvalue weighted by Gasteiger charge is -2.12. The van der Waals surface area contributed by atoms with Gasteiger partial charge in [-0.05, 0) is 49.9 Å². The van der Waals surface area contributed by atoms with Gasteiger partial charge in [0.15, 0.2) is 6.61 Å². The number of hydrogen-bond acceptors (Lipinski definition) is 5. The molecule has 0 saturated heterocycles. The Bertz CT molecular complexity index is 659. The zero-order valence-corrected chi connectivity index (χ0v) is 13.4. The van der Waals surface area contributed by atoms with Crippen molar-refractivity contribution in [2.45, 2.75) is 32.2 Å². The summed E-state index contributed by atoms with van der Waals surface area (Å²) in [6.45, 7) is 1.62. The number of carbonyl (C=O) groups is 3. The van der Waals surface area contributed by atoms with Gasteiger partial charge >= 0.3 is 5.97 Å². The Morgan fingerprint density at radius 1 is 1.25 bits per heavy atom. The predicted octanol–water partition coefficient (Wildman–Crippen LogP) is 1.61. The number of ether oxygens (including phenoxy) is 1. The maximum absolute atomic E-state index is 11.9. The maximum Gasteiger partial charge on any atom is 0.338 e. The van der Waals surface area contributed by atoms with Crippen LogP contribution in [0.5, 0.6) is 0 Å². The first-order chi connectivity index (χ1) is 11.5. The second-order valence-corrected chi connectivity index (χ2v) is 5.73. The van der Waals surface area contributed by atoms with Crippen LogP contribution in [0.15, 0.2) is 24.3 Å². The minimum absolute atomic E-state index is 0.104. The molecule has 0 bridgehead atoms. The number of rotatable bonds is 7. The maximum atomic E-state index is 11.9. The van der Waals surface area contributed by atoms with Crippen molar-refractivity contribution in [2.24, 2.45) is 5.92 Å². The number of esters is 1. The Labute approximate surface area is 140 Å². The summed E-state index contributed by atoms with van der Waals surface area (Å²) >= 11 is 0. The molecule has 0 unspecified atom stereocenters. The lowest BCUT2D eigenvalue weighted by Crippen LogP contribution is -2.37. The molecule has 24 heavy (non-hydrogen) atoms. The number of carbonyl (C=O) groups excluding carboxylic acids is 3. The molecule has 1 aliphatic carbocycles. The fraction of sp³-hybridized carbons (Fsp3) is 0.412. The SMILES string of the molecule is C[C@H](NC(=O)COC(=O)c1ccc(NC(=O)CC#N)cc1)C1CC1. The van der Waals surface area contributed by atoms with Crippen LogP contribution in [-0.2, 0) is 14.3 Å². The highest BCUT2D eigenvalue weighted by Gasteiger charge is 2.29. The van der Waals surface area contributed by atoms with Gasteiger partial charge in [-0.25, -0.2) is 4.79 Å². The lowest BCUT2D eigenvalue weighted by molar-refractivity contribution is -0.125.